The SMILES string of the molecule is CC(C)Oc1cc(Br)cc(C(C)(C)C)c1. The van der Waals surface area contributed by atoms with Crippen molar-refractivity contribution in [1.82, 2.24) is 0 Å². The first-order valence-corrected chi connectivity index (χ1v) is 6.06. The van der Waals surface area contributed by atoms with Gasteiger partial charge in [-0.2, -0.15) is 0 Å². The summed E-state index contributed by atoms with van der Waals surface area (Å²) < 4.78 is 6.78. The minimum absolute atomic E-state index is 0.152. The highest BCUT2D eigenvalue weighted by Gasteiger charge is 2.15. The van der Waals surface area contributed by atoms with Gasteiger partial charge in [-0.1, -0.05) is 36.7 Å². The summed E-state index contributed by atoms with van der Waals surface area (Å²) in [6.07, 6.45) is 0.215. The summed E-state index contributed by atoms with van der Waals surface area (Å²) in [5.74, 6) is 0.935. The Bertz CT molecular complexity index is 337. The van der Waals surface area contributed by atoms with Gasteiger partial charge in [-0.3, -0.25) is 0 Å². The molecular weight excluding hydrogens is 252 g/mol. The Morgan fingerprint density at radius 2 is 1.73 bits per heavy atom. The molecule has 1 nitrogen and oxygen atoms in total. The molecule has 0 heterocycles. The molecule has 84 valence electrons. The summed E-state index contributed by atoms with van der Waals surface area (Å²) in [4.78, 5) is 0. The summed E-state index contributed by atoms with van der Waals surface area (Å²) >= 11 is 3.52. The van der Waals surface area contributed by atoms with E-state index in [1.54, 1.807) is 0 Å². The number of hydrogen-bond acceptors (Lipinski definition) is 1. The Balaban J connectivity index is 3.06. The van der Waals surface area contributed by atoms with Gasteiger partial charge >= 0.3 is 0 Å². The maximum Gasteiger partial charge on any atom is 0.121 e. The molecule has 0 amide bonds. The van der Waals surface area contributed by atoms with Crippen molar-refractivity contribution in [2.45, 2.75) is 46.1 Å². The predicted octanol–water partition coefficient (Wildman–Crippen LogP) is 4.53. The first-order chi connectivity index (χ1) is 6.79. The molecule has 0 aliphatic rings. The predicted molar refractivity (Wildman–Crippen MR) is 68.6 cm³/mol. The standard InChI is InChI=1S/C13H19BrO/c1-9(2)15-12-7-10(13(3,4)5)6-11(14)8-12/h6-9H,1-5H3. The number of hydrogen-bond donors (Lipinski definition) is 0. The van der Waals surface area contributed by atoms with Crippen LogP contribution in [0.2, 0.25) is 0 Å². The summed E-state index contributed by atoms with van der Waals surface area (Å²) in [5, 5.41) is 0. The van der Waals surface area contributed by atoms with E-state index in [9.17, 15) is 0 Å². The fraction of sp³-hybridized carbons (Fsp3) is 0.538. The normalized spacial score (nSPS) is 11.9. The zero-order chi connectivity index (χ0) is 11.6. The lowest BCUT2D eigenvalue weighted by Gasteiger charge is -2.21. The molecule has 0 saturated heterocycles. The third-order valence-electron chi connectivity index (χ3n) is 2.11. The van der Waals surface area contributed by atoms with E-state index in [0.29, 0.717) is 0 Å². The molecule has 0 unspecified atom stereocenters. The monoisotopic (exact) mass is 270 g/mol. The van der Waals surface area contributed by atoms with Crippen LogP contribution in [0, 0.1) is 0 Å². The average Bonchev–Trinajstić information content (AvgIpc) is 1.99. The van der Waals surface area contributed by atoms with Gasteiger partial charge in [0.2, 0.25) is 0 Å². The van der Waals surface area contributed by atoms with Crippen molar-refractivity contribution in [1.29, 1.82) is 0 Å². The second-order valence-corrected chi connectivity index (χ2v) is 6.01. The molecule has 0 saturated carbocycles. The van der Waals surface area contributed by atoms with Gasteiger partial charge in [0.15, 0.2) is 0 Å². The Hall–Kier alpha value is -0.500. The van der Waals surface area contributed by atoms with Gasteiger partial charge < -0.3 is 4.74 Å². The van der Waals surface area contributed by atoms with Gasteiger partial charge in [-0.15, -0.1) is 0 Å². The first kappa shape index (κ1) is 12.6. The van der Waals surface area contributed by atoms with E-state index in [0.717, 1.165) is 10.2 Å². The van der Waals surface area contributed by atoms with Crippen molar-refractivity contribution < 1.29 is 4.74 Å². The average molecular weight is 271 g/mol. The number of ether oxygens (including phenoxy) is 1. The summed E-state index contributed by atoms with van der Waals surface area (Å²) in [5.41, 5.74) is 1.44. The molecule has 0 radical (unpaired) electrons. The minimum atomic E-state index is 0.152. The van der Waals surface area contributed by atoms with Crippen LogP contribution in [0.1, 0.15) is 40.2 Å². The molecule has 0 bridgehead atoms. The van der Waals surface area contributed by atoms with E-state index in [-0.39, 0.29) is 11.5 Å². The number of halogens is 1. The molecule has 0 aliphatic carbocycles. The summed E-state index contributed by atoms with van der Waals surface area (Å²) in [6.45, 7) is 10.7. The Kier molecular flexibility index (Phi) is 3.82. The summed E-state index contributed by atoms with van der Waals surface area (Å²) in [6, 6.07) is 6.27. The topological polar surface area (TPSA) is 9.23 Å². The van der Waals surface area contributed by atoms with Crippen LogP contribution >= 0.6 is 15.9 Å². The van der Waals surface area contributed by atoms with Gasteiger partial charge in [0.05, 0.1) is 6.10 Å². The van der Waals surface area contributed by atoms with E-state index in [1.165, 1.54) is 5.56 Å². The number of rotatable bonds is 2. The molecule has 0 fully saturated rings. The van der Waals surface area contributed by atoms with Gasteiger partial charge in [0.1, 0.15) is 5.75 Å². The van der Waals surface area contributed by atoms with Gasteiger partial charge in [-0.05, 0) is 43.0 Å². The van der Waals surface area contributed by atoms with Gasteiger partial charge in [-0.25, -0.2) is 0 Å². The highest BCUT2D eigenvalue weighted by Crippen LogP contribution is 2.30. The molecule has 1 aromatic rings. The van der Waals surface area contributed by atoms with E-state index in [2.05, 4.69) is 48.8 Å². The third-order valence-corrected chi connectivity index (χ3v) is 2.57. The van der Waals surface area contributed by atoms with Crippen molar-refractivity contribution in [3.8, 4) is 5.75 Å². The fourth-order valence-electron chi connectivity index (χ4n) is 1.34. The van der Waals surface area contributed by atoms with Crippen LogP contribution in [0.15, 0.2) is 22.7 Å². The van der Waals surface area contributed by atoms with Crippen LogP contribution in [0.4, 0.5) is 0 Å². The highest BCUT2D eigenvalue weighted by molar-refractivity contribution is 9.10. The van der Waals surface area contributed by atoms with Crippen LogP contribution in [-0.4, -0.2) is 6.10 Å². The van der Waals surface area contributed by atoms with E-state index < -0.39 is 0 Å². The molecule has 0 aliphatic heterocycles. The van der Waals surface area contributed by atoms with Gasteiger partial charge in [0.25, 0.3) is 0 Å². The molecule has 0 aromatic heterocycles. The van der Waals surface area contributed by atoms with E-state index in [4.69, 9.17) is 4.74 Å². The number of benzene rings is 1. The van der Waals surface area contributed by atoms with E-state index >= 15 is 0 Å². The molecule has 2 heteroatoms. The Morgan fingerprint density at radius 3 is 2.20 bits per heavy atom. The largest absolute Gasteiger partial charge is 0.491 e. The lowest BCUT2D eigenvalue weighted by atomic mass is 9.87. The zero-order valence-electron chi connectivity index (χ0n) is 10.1. The molecule has 1 aromatic carbocycles. The lowest BCUT2D eigenvalue weighted by Crippen LogP contribution is -2.12. The van der Waals surface area contributed by atoms with Crippen LogP contribution in [0.5, 0.6) is 5.75 Å². The van der Waals surface area contributed by atoms with E-state index in [1.807, 2.05) is 19.9 Å². The van der Waals surface area contributed by atoms with Crippen LogP contribution in [0.3, 0.4) is 0 Å². The molecule has 1 rings (SSSR count). The highest BCUT2D eigenvalue weighted by atomic mass is 79.9. The Morgan fingerprint density at radius 1 is 1.13 bits per heavy atom. The third kappa shape index (κ3) is 3.86. The van der Waals surface area contributed by atoms with Crippen LogP contribution < -0.4 is 4.74 Å². The molecule has 0 atom stereocenters. The molecule has 15 heavy (non-hydrogen) atoms. The van der Waals surface area contributed by atoms with Crippen molar-refractivity contribution in [3.63, 3.8) is 0 Å². The molecule has 0 N–H and O–H groups in total. The second kappa shape index (κ2) is 4.56. The van der Waals surface area contributed by atoms with Crippen molar-refractivity contribution in [2.75, 3.05) is 0 Å². The minimum Gasteiger partial charge on any atom is -0.491 e. The second-order valence-electron chi connectivity index (χ2n) is 5.09. The first-order valence-electron chi connectivity index (χ1n) is 5.27. The fourth-order valence-corrected chi connectivity index (χ4v) is 1.81. The van der Waals surface area contributed by atoms with Gasteiger partial charge in [0, 0.05) is 4.47 Å². The van der Waals surface area contributed by atoms with Crippen LogP contribution in [-0.2, 0) is 5.41 Å². The molecular formula is C13H19BrO. The Labute approximate surface area is 101 Å². The quantitative estimate of drug-likeness (QED) is 0.767. The van der Waals surface area contributed by atoms with Crippen molar-refractivity contribution >= 4 is 15.9 Å². The van der Waals surface area contributed by atoms with Crippen LogP contribution in [0.25, 0.3) is 0 Å². The smallest absolute Gasteiger partial charge is 0.121 e. The summed E-state index contributed by atoms with van der Waals surface area (Å²) in [7, 11) is 0. The maximum atomic E-state index is 5.70. The molecule has 0 spiro atoms. The zero-order valence-corrected chi connectivity index (χ0v) is 11.7. The van der Waals surface area contributed by atoms with Crippen molar-refractivity contribution in [2.24, 2.45) is 0 Å². The lowest BCUT2D eigenvalue weighted by molar-refractivity contribution is 0.241. The van der Waals surface area contributed by atoms with Crippen molar-refractivity contribution in [3.05, 3.63) is 28.2 Å². The maximum absolute atomic E-state index is 5.70.